The molecule has 5 heteroatoms. The highest BCUT2D eigenvalue weighted by atomic mass is 16.5. The number of aliphatic carboxylic acids is 1. The highest BCUT2D eigenvalue weighted by molar-refractivity contribution is 5.84. The van der Waals surface area contributed by atoms with Crippen LogP contribution in [0.15, 0.2) is 0 Å². The fourth-order valence-electron chi connectivity index (χ4n) is 2.27. The molecule has 0 aliphatic heterocycles. The Kier molecular flexibility index (Phi) is 7.07. The van der Waals surface area contributed by atoms with Gasteiger partial charge in [0.1, 0.15) is 5.78 Å². The van der Waals surface area contributed by atoms with Gasteiger partial charge in [0, 0.05) is 5.41 Å². The Hall–Kier alpha value is -1.39. The van der Waals surface area contributed by atoms with Crippen molar-refractivity contribution < 1.29 is 24.2 Å². The largest absolute Gasteiger partial charge is 0.481 e. The lowest BCUT2D eigenvalue weighted by molar-refractivity contribution is -0.155. The third kappa shape index (κ3) is 5.86. The van der Waals surface area contributed by atoms with Crippen LogP contribution in [0.2, 0.25) is 0 Å². The fraction of sp³-hybridized carbons (Fsp3) is 0.750. The van der Waals surface area contributed by atoms with Crippen LogP contribution < -0.4 is 0 Å². The van der Waals surface area contributed by atoms with Crippen molar-refractivity contribution in [3.8, 4) is 0 Å². The van der Waals surface area contributed by atoms with Crippen LogP contribution in [-0.4, -0.2) is 29.4 Å². The summed E-state index contributed by atoms with van der Waals surface area (Å²) in [6.07, 6.45) is 0.751. The van der Waals surface area contributed by atoms with Gasteiger partial charge in [-0.3, -0.25) is 14.4 Å². The summed E-state index contributed by atoms with van der Waals surface area (Å²) in [5.74, 6) is -2.35. The van der Waals surface area contributed by atoms with Crippen molar-refractivity contribution in [1.29, 1.82) is 0 Å². The van der Waals surface area contributed by atoms with Gasteiger partial charge in [-0.2, -0.15) is 0 Å². The molecule has 0 heterocycles. The average molecular weight is 298 g/mol. The van der Waals surface area contributed by atoms with Crippen LogP contribution in [0.1, 0.15) is 53.9 Å². The second-order valence-electron chi connectivity index (χ2n) is 6.29. The normalized spacial score (nSPS) is 15.9. The number of hydrogen-bond acceptors (Lipinski definition) is 4. The molecule has 2 radical (unpaired) electrons. The van der Waals surface area contributed by atoms with Crippen molar-refractivity contribution in [2.45, 2.75) is 53.9 Å². The van der Waals surface area contributed by atoms with Crippen LogP contribution >= 0.6 is 0 Å². The number of carboxylic acids is 1. The second kappa shape index (κ2) is 7.57. The maximum atomic E-state index is 11.8. The summed E-state index contributed by atoms with van der Waals surface area (Å²) in [5.41, 5.74) is -2.50. The topological polar surface area (TPSA) is 80.7 Å². The molecule has 0 rings (SSSR count). The number of rotatable bonds is 9. The smallest absolute Gasteiger partial charge is 0.309 e. The van der Waals surface area contributed by atoms with Gasteiger partial charge in [-0.25, -0.2) is 0 Å². The predicted octanol–water partition coefficient (Wildman–Crippen LogP) is 2.75. The molecule has 0 spiro atoms. The molecule has 0 fully saturated rings. The van der Waals surface area contributed by atoms with Gasteiger partial charge < -0.3 is 9.84 Å². The third-order valence-corrected chi connectivity index (χ3v) is 3.69. The first-order chi connectivity index (χ1) is 9.46. The van der Waals surface area contributed by atoms with Crippen LogP contribution in [0.5, 0.6) is 0 Å². The monoisotopic (exact) mass is 298 g/mol. The van der Waals surface area contributed by atoms with Gasteiger partial charge >= 0.3 is 11.9 Å². The molecule has 0 aromatic rings. The molecular formula is C16H26O5. The number of carbonyl (C=O) groups is 3. The van der Waals surface area contributed by atoms with Crippen molar-refractivity contribution in [1.82, 2.24) is 0 Å². The number of ether oxygens (including phenoxy) is 1. The summed E-state index contributed by atoms with van der Waals surface area (Å²) in [4.78, 5) is 34.9. The minimum atomic E-state index is -1.26. The maximum Gasteiger partial charge on any atom is 0.309 e. The minimum Gasteiger partial charge on any atom is -0.481 e. The van der Waals surface area contributed by atoms with E-state index in [9.17, 15) is 19.5 Å². The van der Waals surface area contributed by atoms with Crippen molar-refractivity contribution in [2.24, 2.45) is 16.7 Å². The van der Waals surface area contributed by atoms with Crippen molar-refractivity contribution in [3.05, 3.63) is 6.92 Å². The van der Waals surface area contributed by atoms with E-state index in [-0.39, 0.29) is 18.6 Å². The maximum absolute atomic E-state index is 11.8. The molecule has 1 N–H and O–H groups in total. The van der Waals surface area contributed by atoms with Crippen molar-refractivity contribution >= 4 is 17.7 Å². The van der Waals surface area contributed by atoms with Crippen LogP contribution in [0.25, 0.3) is 0 Å². The molecule has 3 unspecified atom stereocenters. The lowest BCUT2D eigenvalue weighted by Gasteiger charge is -2.34. The Morgan fingerprint density at radius 3 is 2.19 bits per heavy atom. The molecule has 0 bridgehead atoms. The fourth-order valence-corrected chi connectivity index (χ4v) is 2.27. The summed E-state index contributed by atoms with van der Waals surface area (Å²) in [7, 11) is 0. The van der Waals surface area contributed by atoms with E-state index in [1.165, 1.54) is 20.8 Å². The lowest BCUT2D eigenvalue weighted by Crippen LogP contribution is -2.38. The number of ketones is 1. The van der Waals surface area contributed by atoms with Crippen LogP contribution in [0.4, 0.5) is 0 Å². The van der Waals surface area contributed by atoms with Gasteiger partial charge in [0.2, 0.25) is 0 Å². The van der Waals surface area contributed by atoms with E-state index in [0.717, 1.165) is 0 Å². The second-order valence-corrected chi connectivity index (χ2v) is 6.29. The number of Topliss-reactive ketones (excluding diaryl/α,β-unsaturated/α-hetero) is 1. The van der Waals surface area contributed by atoms with Crippen molar-refractivity contribution in [2.75, 3.05) is 6.61 Å². The molecule has 21 heavy (non-hydrogen) atoms. The first-order valence-corrected chi connectivity index (χ1v) is 7.16. The van der Waals surface area contributed by atoms with E-state index < -0.39 is 28.7 Å². The standard InChI is InChI=1S/C16H26O5/c1-7-8-21-13(18)11(2)9-16(6,14(19)20)10-15(4,5)12(3)17/h4,11H,7-10H2,1-3,5-6H3,(H,19,20). The van der Waals surface area contributed by atoms with E-state index >= 15 is 0 Å². The van der Waals surface area contributed by atoms with Crippen LogP contribution in [-0.2, 0) is 19.1 Å². The Morgan fingerprint density at radius 2 is 1.81 bits per heavy atom. The van der Waals surface area contributed by atoms with Crippen LogP contribution in [0, 0.1) is 23.7 Å². The number of carboxylic acid groups (broad SMARTS) is 1. The van der Waals surface area contributed by atoms with E-state index in [4.69, 9.17) is 11.7 Å². The van der Waals surface area contributed by atoms with Gasteiger partial charge in [0.25, 0.3) is 0 Å². The molecule has 0 aliphatic rings. The van der Waals surface area contributed by atoms with E-state index in [1.807, 2.05) is 6.92 Å². The van der Waals surface area contributed by atoms with E-state index in [2.05, 4.69) is 0 Å². The Bertz CT molecular complexity index is 399. The highest BCUT2D eigenvalue weighted by Crippen LogP contribution is 2.39. The zero-order chi connectivity index (χ0) is 16.8. The summed E-state index contributed by atoms with van der Waals surface area (Å²) in [6, 6.07) is 0. The molecule has 3 atom stereocenters. The minimum absolute atomic E-state index is 0.0317. The average Bonchev–Trinajstić information content (AvgIpc) is 2.34. The van der Waals surface area contributed by atoms with E-state index in [0.29, 0.717) is 13.0 Å². The molecule has 0 aliphatic carbocycles. The quantitative estimate of drug-likeness (QED) is 0.662. The molecule has 0 aromatic heterocycles. The highest BCUT2D eigenvalue weighted by Gasteiger charge is 2.43. The summed E-state index contributed by atoms with van der Waals surface area (Å²) < 4.78 is 5.03. The first kappa shape index (κ1) is 19.6. The van der Waals surface area contributed by atoms with Crippen molar-refractivity contribution in [3.63, 3.8) is 0 Å². The Morgan fingerprint density at radius 1 is 1.29 bits per heavy atom. The lowest BCUT2D eigenvalue weighted by atomic mass is 9.68. The zero-order valence-electron chi connectivity index (χ0n) is 13.6. The molecular weight excluding hydrogens is 272 g/mol. The van der Waals surface area contributed by atoms with Gasteiger partial charge in [-0.1, -0.05) is 20.8 Å². The van der Waals surface area contributed by atoms with E-state index in [1.54, 1.807) is 6.92 Å². The molecule has 0 aromatic carbocycles. The van der Waals surface area contributed by atoms with Crippen LogP contribution in [0.3, 0.4) is 0 Å². The Balaban J connectivity index is 5.01. The first-order valence-electron chi connectivity index (χ1n) is 7.16. The summed E-state index contributed by atoms with van der Waals surface area (Å²) in [5, 5.41) is 9.47. The van der Waals surface area contributed by atoms with Gasteiger partial charge in [-0.05, 0) is 40.0 Å². The summed E-state index contributed by atoms with van der Waals surface area (Å²) in [6.45, 7) is 14.1. The van der Waals surface area contributed by atoms with Gasteiger partial charge in [0.15, 0.2) is 0 Å². The molecule has 0 saturated heterocycles. The SMILES string of the molecule is [CH]C(C)(CC(C)(CC(C)C(=O)OCCC)C(=O)O)C(C)=O. The number of carbonyl (C=O) groups excluding carboxylic acids is 2. The predicted molar refractivity (Wildman–Crippen MR) is 78.5 cm³/mol. The molecule has 0 saturated carbocycles. The number of hydrogen-bond donors (Lipinski definition) is 1. The number of esters is 1. The van der Waals surface area contributed by atoms with Gasteiger partial charge in [-0.15, -0.1) is 0 Å². The third-order valence-electron chi connectivity index (χ3n) is 3.69. The molecule has 5 nitrogen and oxygen atoms in total. The molecule has 0 amide bonds. The molecule has 120 valence electrons. The summed E-state index contributed by atoms with van der Waals surface area (Å²) >= 11 is 0. The van der Waals surface area contributed by atoms with Gasteiger partial charge in [0.05, 0.1) is 17.9 Å². The zero-order valence-corrected chi connectivity index (χ0v) is 13.6. The Labute approximate surface area is 127 Å².